The number of carbonyl (C=O) groups excluding carboxylic acids is 1. The van der Waals surface area contributed by atoms with Gasteiger partial charge in [0.2, 0.25) is 0 Å². The number of alkyl halides is 3. The average molecular weight is 490 g/mol. The monoisotopic (exact) mass is 489 g/mol. The third-order valence-corrected chi connectivity index (χ3v) is 6.48. The average Bonchev–Trinajstić information content (AvgIpc) is 2.81. The molecule has 178 valence electrons. The van der Waals surface area contributed by atoms with E-state index >= 15 is 0 Å². The predicted molar refractivity (Wildman–Crippen MR) is 123 cm³/mol. The number of benzene rings is 1. The second-order valence-electron chi connectivity index (χ2n) is 7.84. The molecule has 11 heteroatoms. The summed E-state index contributed by atoms with van der Waals surface area (Å²) in [6.07, 6.45) is -2.15. The molecule has 0 radical (unpaired) electrons. The molecule has 4 N–H and O–H groups in total. The van der Waals surface area contributed by atoms with E-state index in [0.29, 0.717) is 25.3 Å². The zero-order valence-corrected chi connectivity index (χ0v) is 18.7. The minimum Gasteiger partial charge on any atom is -0.390 e. The van der Waals surface area contributed by atoms with Gasteiger partial charge in [0.1, 0.15) is 11.5 Å². The molecule has 0 aliphatic carbocycles. The van der Waals surface area contributed by atoms with Crippen LogP contribution in [0.1, 0.15) is 22.5 Å². The Bertz CT molecular complexity index is 1130. The number of pyridine rings is 2. The number of nitrogens with two attached hydrogens (primary N) is 1. The SMILES string of the molecule is NC(=O)c1ccc(-c2ccc(SN3CCC(Nc4ccc(C(F)(F)F)cn4)C(O)C3)cc2)cn1. The summed E-state index contributed by atoms with van der Waals surface area (Å²) in [7, 11) is 0. The molecule has 0 saturated carbocycles. The number of nitrogens with zero attached hydrogens (tertiary/aromatic N) is 3. The van der Waals surface area contributed by atoms with Crippen LogP contribution in [0.3, 0.4) is 0 Å². The maximum atomic E-state index is 12.7. The van der Waals surface area contributed by atoms with Crippen LogP contribution in [0.5, 0.6) is 0 Å². The molecule has 1 amide bonds. The smallest absolute Gasteiger partial charge is 0.390 e. The normalized spacial score (nSPS) is 19.1. The van der Waals surface area contributed by atoms with Crippen LogP contribution in [0.4, 0.5) is 19.0 Å². The van der Waals surface area contributed by atoms with Crippen LogP contribution in [0.15, 0.2) is 65.8 Å². The molecular formula is C23H22F3N5O2S. The summed E-state index contributed by atoms with van der Waals surface area (Å²) in [5, 5.41) is 13.6. The zero-order valence-electron chi connectivity index (χ0n) is 17.9. The van der Waals surface area contributed by atoms with E-state index in [0.717, 1.165) is 28.3 Å². The van der Waals surface area contributed by atoms with Crippen molar-refractivity contribution in [3.05, 3.63) is 72.2 Å². The maximum Gasteiger partial charge on any atom is 0.417 e. The molecule has 0 spiro atoms. The van der Waals surface area contributed by atoms with Crippen molar-refractivity contribution in [1.82, 2.24) is 14.3 Å². The molecule has 1 aromatic carbocycles. The van der Waals surface area contributed by atoms with Crippen molar-refractivity contribution in [3.8, 4) is 11.1 Å². The molecule has 7 nitrogen and oxygen atoms in total. The fourth-order valence-electron chi connectivity index (χ4n) is 3.56. The summed E-state index contributed by atoms with van der Waals surface area (Å²) < 4.78 is 40.1. The van der Waals surface area contributed by atoms with Gasteiger partial charge in [-0.3, -0.25) is 9.78 Å². The van der Waals surface area contributed by atoms with E-state index in [1.807, 2.05) is 28.6 Å². The summed E-state index contributed by atoms with van der Waals surface area (Å²) in [5.74, 6) is -0.276. The second kappa shape index (κ2) is 10.00. The highest BCUT2D eigenvalue weighted by atomic mass is 32.2. The second-order valence-corrected chi connectivity index (χ2v) is 9.01. The number of hydrogen-bond donors (Lipinski definition) is 3. The van der Waals surface area contributed by atoms with Gasteiger partial charge in [0.05, 0.1) is 17.7 Å². The highest BCUT2D eigenvalue weighted by Gasteiger charge is 2.31. The van der Waals surface area contributed by atoms with Gasteiger partial charge in [-0.2, -0.15) is 13.2 Å². The molecule has 0 bridgehead atoms. The lowest BCUT2D eigenvalue weighted by Crippen LogP contribution is -2.47. The van der Waals surface area contributed by atoms with Crippen LogP contribution >= 0.6 is 11.9 Å². The Morgan fingerprint density at radius 2 is 1.79 bits per heavy atom. The number of hydrogen-bond acceptors (Lipinski definition) is 7. The summed E-state index contributed by atoms with van der Waals surface area (Å²) in [6.45, 7) is 1.07. The van der Waals surface area contributed by atoms with Gasteiger partial charge >= 0.3 is 6.18 Å². The van der Waals surface area contributed by atoms with E-state index in [9.17, 15) is 23.1 Å². The van der Waals surface area contributed by atoms with Crippen LogP contribution in [-0.2, 0) is 6.18 Å². The van der Waals surface area contributed by atoms with Gasteiger partial charge in [-0.05, 0) is 54.3 Å². The first-order valence-electron chi connectivity index (χ1n) is 10.5. The van der Waals surface area contributed by atoms with Crippen LogP contribution in [0.25, 0.3) is 11.1 Å². The first-order valence-corrected chi connectivity index (χ1v) is 11.2. The van der Waals surface area contributed by atoms with Gasteiger partial charge in [-0.1, -0.05) is 18.2 Å². The number of piperidine rings is 1. The lowest BCUT2D eigenvalue weighted by Gasteiger charge is -2.35. The van der Waals surface area contributed by atoms with Gasteiger partial charge in [-0.15, -0.1) is 0 Å². The number of amides is 1. The van der Waals surface area contributed by atoms with Gasteiger partial charge in [0.15, 0.2) is 0 Å². The summed E-state index contributed by atoms with van der Waals surface area (Å²) in [5.41, 5.74) is 6.42. The Morgan fingerprint density at radius 3 is 2.35 bits per heavy atom. The van der Waals surface area contributed by atoms with Crippen molar-refractivity contribution in [3.63, 3.8) is 0 Å². The number of aromatic nitrogens is 2. The van der Waals surface area contributed by atoms with Crippen LogP contribution in [0.2, 0.25) is 0 Å². The minimum absolute atomic E-state index is 0.210. The number of β-amino-alcohol motifs (C(OH)–C–C–N with tert-alkyl or cyclic N) is 1. The molecule has 4 rings (SSSR count). The zero-order chi connectivity index (χ0) is 24.3. The molecule has 3 heterocycles. The fourth-order valence-corrected chi connectivity index (χ4v) is 4.54. The van der Waals surface area contributed by atoms with E-state index in [1.54, 1.807) is 18.3 Å². The van der Waals surface area contributed by atoms with Gasteiger partial charge < -0.3 is 16.2 Å². The summed E-state index contributed by atoms with van der Waals surface area (Å²) >= 11 is 1.52. The van der Waals surface area contributed by atoms with Gasteiger partial charge in [-0.25, -0.2) is 9.29 Å². The van der Waals surface area contributed by atoms with E-state index in [2.05, 4.69) is 15.3 Å². The van der Waals surface area contributed by atoms with Crippen LogP contribution in [-0.4, -0.2) is 50.5 Å². The van der Waals surface area contributed by atoms with Crippen molar-refractivity contribution < 1.29 is 23.1 Å². The molecule has 2 aromatic heterocycles. The Balaban J connectivity index is 1.31. The van der Waals surface area contributed by atoms with Crippen molar-refractivity contribution in [2.45, 2.75) is 29.6 Å². The largest absolute Gasteiger partial charge is 0.417 e. The summed E-state index contributed by atoms with van der Waals surface area (Å²) in [6, 6.07) is 13.1. The topological polar surface area (TPSA) is 104 Å². The standard InChI is InChI=1S/C23H22F3N5O2S/c24-23(25,26)16-4-8-21(29-12-16)30-18-9-10-31(13-20(18)32)34-17-5-1-14(2-6-17)15-3-7-19(22(27)33)28-11-15/h1-8,11-12,18,20,32H,9-10,13H2,(H2,27,33)(H,29,30). The third-order valence-electron chi connectivity index (χ3n) is 5.41. The number of halogens is 3. The number of rotatable bonds is 6. The van der Waals surface area contributed by atoms with Crippen molar-refractivity contribution in [2.75, 3.05) is 18.4 Å². The Labute approximate surface area is 198 Å². The molecule has 1 saturated heterocycles. The molecule has 2 unspecified atom stereocenters. The number of anilines is 1. The highest BCUT2D eigenvalue weighted by Crippen LogP contribution is 2.31. The molecule has 1 aliphatic heterocycles. The Morgan fingerprint density at radius 1 is 1.06 bits per heavy atom. The molecule has 1 aliphatic rings. The lowest BCUT2D eigenvalue weighted by atomic mass is 10.0. The van der Waals surface area contributed by atoms with Crippen molar-refractivity contribution >= 4 is 23.7 Å². The van der Waals surface area contributed by atoms with Gasteiger partial charge in [0.25, 0.3) is 5.91 Å². The molecule has 1 fully saturated rings. The predicted octanol–water partition coefficient (Wildman–Crippen LogP) is 3.82. The third kappa shape index (κ3) is 5.85. The van der Waals surface area contributed by atoms with Crippen LogP contribution < -0.4 is 11.1 Å². The molecule has 34 heavy (non-hydrogen) atoms. The quantitative estimate of drug-likeness (QED) is 0.452. The number of aliphatic hydroxyl groups excluding tert-OH is 1. The van der Waals surface area contributed by atoms with Crippen molar-refractivity contribution in [2.24, 2.45) is 5.73 Å². The fraction of sp³-hybridized carbons (Fsp3) is 0.261. The highest BCUT2D eigenvalue weighted by molar-refractivity contribution is 7.97. The minimum atomic E-state index is -4.43. The lowest BCUT2D eigenvalue weighted by molar-refractivity contribution is -0.137. The first-order chi connectivity index (χ1) is 16.2. The number of nitrogens with one attached hydrogen (secondary N) is 1. The van der Waals surface area contributed by atoms with E-state index in [-0.39, 0.29) is 11.7 Å². The van der Waals surface area contributed by atoms with E-state index in [4.69, 9.17) is 5.73 Å². The molecular weight excluding hydrogens is 467 g/mol. The number of aliphatic hydroxyl groups is 1. The first kappa shape index (κ1) is 24.0. The van der Waals surface area contributed by atoms with Gasteiger partial charge in [0, 0.05) is 35.9 Å². The van der Waals surface area contributed by atoms with E-state index in [1.165, 1.54) is 18.0 Å². The molecule has 2 atom stereocenters. The summed E-state index contributed by atoms with van der Waals surface area (Å²) in [4.78, 5) is 20.0. The van der Waals surface area contributed by atoms with Crippen LogP contribution in [0, 0.1) is 0 Å². The van der Waals surface area contributed by atoms with Crippen molar-refractivity contribution in [1.29, 1.82) is 0 Å². The van der Waals surface area contributed by atoms with E-state index < -0.39 is 23.8 Å². The maximum absolute atomic E-state index is 12.7. The number of carbonyl (C=O) groups is 1. The Hall–Kier alpha value is -3.15. The number of primary amides is 1. The molecule has 3 aromatic rings. The Kier molecular flexibility index (Phi) is 7.05.